The number of fused-ring (bicyclic) bond motifs is 2. The molecule has 2 aromatic heterocycles. The first-order valence-electron chi connectivity index (χ1n) is 17.9. The smallest absolute Gasteiger partial charge is 0.350 e. The minimum absolute atomic E-state index is 0. The Balaban J connectivity index is 0.000000393. The van der Waals surface area contributed by atoms with Gasteiger partial charge in [-0.15, -0.1) is 0 Å². The standard InChI is InChI=1S/C13H12INO4.C9H5ClIN.C9H6INO.C6H6IN.C6H14O2.2CH4/c1-13(2)18-11(16)10(12(17)19-13)7-15-9-5-3-8(14)4-6-9;10-8-3-4-12-9-2-1-6(11)5-7(8)9;10-6-1-2-8-7(5-6)9(12)3-4-11-8;7-5-1-3-6(8)4-2-5;1-4-7-6(3)8-5-2;;/h3-7,15H,1-2H3;1-5H;1-5H,(H,11,12);1-4H,8H2;6H,4-5H2,1-3H3;2*1H4. The Hall–Kier alpha value is -3.09. The summed E-state index contributed by atoms with van der Waals surface area (Å²) < 4.78 is 24.6. The number of aromatic amines is 1. The van der Waals surface area contributed by atoms with Crippen LogP contribution in [0.25, 0.3) is 21.8 Å². The molecule has 1 fully saturated rings. The fraction of sp³-hybridized carbons (Fsp3) is 0.244. The molecule has 0 spiro atoms. The van der Waals surface area contributed by atoms with Crippen LogP contribution in [0.15, 0.2) is 126 Å². The van der Waals surface area contributed by atoms with Crippen molar-refractivity contribution in [3.63, 3.8) is 0 Å². The summed E-state index contributed by atoms with van der Waals surface area (Å²) in [5.41, 5.74) is 8.77. The van der Waals surface area contributed by atoms with Crippen LogP contribution in [0.3, 0.4) is 0 Å². The van der Waals surface area contributed by atoms with Gasteiger partial charge in [-0.1, -0.05) is 26.5 Å². The lowest BCUT2D eigenvalue weighted by Crippen LogP contribution is -2.42. The van der Waals surface area contributed by atoms with Gasteiger partial charge in [0.1, 0.15) is 0 Å². The minimum Gasteiger partial charge on any atom is -0.419 e. The second-order valence-electron chi connectivity index (χ2n) is 12.4. The summed E-state index contributed by atoms with van der Waals surface area (Å²) in [6, 6.07) is 30.4. The summed E-state index contributed by atoms with van der Waals surface area (Å²) in [5.74, 6) is -2.60. The molecule has 0 atom stereocenters. The third-order valence-corrected chi connectivity index (χ3v) is 10.5. The molecule has 4 N–H and O–H groups in total. The third kappa shape index (κ3) is 20.3. The van der Waals surface area contributed by atoms with E-state index in [1.54, 1.807) is 24.5 Å². The number of anilines is 2. The number of aromatic nitrogens is 2. The maximum absolute atomic E-state index is 11.7. The van der Waals surface area contributed by atoms with Crippen molar-refractivity contribution in [3.8, 4) is 0 Å². The van der Waals surface area contributed by atoms with E-state index in [4.69, 9.17) is 36.3 Å². The Morgan fingerprint density at radius 2 is 1.28 bits per heavy atom. The van der Waals surface area contributed by atoms with Crippen LogP contribution >= 0.6 is 102 Å². The van der Waals surface area contributed by atoms with Crippen LogP contribution in [0.2, 0.25) is 5.02 Å². The molecule has 1 aliphatic heterocycles. The van der Waals surface area contributed by atoms with Crippen LogP contribution in [0.5, 0.6) is 0 Å². The van der Waals surface area contributed by atoms with E-state index >= 15 is 0 Å². The van der Waals surface area contributed by atoms with Crippen LogP contribution in [0.4, 0.5) is 11.4 Å². The molecule has 11 nitrogen and oxygen atoms in total. The van der Waals surface area contributed by atoms with E-state index in [0.29, 0.717) is 0 Å². The highest BCUT2D eigenvalue weighted by Crippen LogP contribution is 2.24. The van der Waals surface area contributed by atoms with Gasteiger partial charge in [0.15, 0.2) is 17.3 Å². The number of carbonyl (C=O) groups is 2. The van der Waals surface area contributed by atoms with Crippen molar-refractivity contribution in [2.75, 3.05) is 24.3 Å². The molecule has 3 heterocycles. The number of pyridine rings is 2. The first kappa shape index (κ1) is 55.9. The van der Waals surface area contributed by atoms with Gasteiger partial charge in [-0.3, -0.25) is 9.78 Å². The van der Waals surface area contributed by atoms with Gasteiger partial charge in [0.25, 0.3) is 5.79 Å². The highest BCUT2D eigenvalue weighted by molar-refractivity contribution is 14.1. The van der Waals surface area contributed by atoms with Gasteiger partial charge in [-0.05, 0) is 202 Å². The Bertz CT molecular complexity index is 2330. The zero-order chi connectivity index (χ0) is 43.5. The molecule has 6 aromatic rings. The lowest BCUT2D eigenvalue weighted by Gasteiger charge is -2.29. The number of carbonyl (C=O) groups excluding carboxylic acids is 2. The van der Waals surface area contributed by atoms with Gasteiger partial charge in [0, 0.05) is 93.7 Å². The second-order valence-corrected chi connectivity index (χ2v) is 17.8. The van der Waals surface area contributed by atoms with Crippen molar-refractivity contribution in [2.45, 2.75) is 61.5 Å². The van der Waals surface area contributed by atoms with Crippen molar-refractivity contribution in [1.29, 1.82) is 0 Å². The molecule has 4 aromatic carbocycles. The van der Waals surface area contributed by atoms with E-state index in [1.807, 2.05) is 106 Å². The topological polar surface area (TPSA) is 155 Å². The largest absolute Gasteiger partial charge is 0.419 e. The number of nitrogens with one attached hydrogen (secondary N) is 2. The van der Waals surface area contributed by atoms with Crippen molar-refractivity contribution < 1.29 is 28.5 Å². The molecule has 0 bridgehead atoms. The number of ether oxygens (including phenoxy) is 4. The second kappa shape index (κ2) is 28.6. The number of esters is 2. The summed E-state index contributed by atoms with van der Waals surface area (Å²) in [6.45, 7) is 10.3. The van der Waals surface area contributed by atoms with E-state index < -0.39 is 17.7 Å². The SMILES string of the molecule is C.C.CC1(C)OC(=O)C(=CNc2ccc(I)cc2)C(=O)O1.CCOC(C)OCC.Clc1ccnc2ccc(I)cc12.Nc1ccc(I)cc1.O=c1cc[nH]c2ccc(I)cc12. The van der Waals surface area contributed by atoms with Crippen LogP contribution in [0, 0.1) is 14.3 Å². The summed E-state index contributed by atoms with van der Waals surface area (Å²) in [5, 5.41) is 5.40. The van der Waals surface area contributed by atoms with E-state index in [9.17, 15) is 14.4 Å². The lowest BCUT2D eigenvalue weighted by molar-refractivity contribution is -0.222. The first-order chi connectivity index (χ1) is 28.0. The molecule has 61 heavy (non-hydrogen) atoms. The van der Waals surface area contributed by atoms with Crippen LogP contribution < -0.4 is 16.5 Å². The van der Waals surface area contributed by atoms with Gasteiger partial charge < -0.3 is 35.0 Å². The van der Waals surface area contributed by atoms with Crippen LogP contribution in [-0.4, -0.2) is 47.2 Å². The Kier molecular flexibility index (Phi) is 26.2. The number of H-pyrrole nitrogens is 1. The molecule has 1 saturated heterocycles. The summed E-state index contributed by atoms with van der Waals surface area (Å²) in [6.07, 6.45) is 4.64. The molecular weight excluding hydrogens is 1250 g/mol. The number of hydrogen-bond acceptors (Lipinski definition) is 10. The van der Waals surface area contributed by atoms with E-state index in [2.05, 4.69) is 106 Å². The Morgan fingerprint density at radius 3 is 1.82 bits per heavy atom. The molecule has 7 rings (SSSR count). The van der Waals surface area contributed by atoms with E-state index in [0.717, 1.165) is 58.6 Å². The maximum atomic E-state index is 11.7. The molecule has 0 aliphatic carbocycles. The number of cyclic esters (lactones) is 2. The number of nitrogen functional groups attached to an aromatic ring is 1. The normalized spacial score (nSPS) is 12.1. The average Bonchev–Trinajstić information content (AvgIpc) is 3.18. The zero-order valence-corrected chi connectivity index (χ0v) is 42.1. The fourth-order valence-corrected chi connectivity index (χ4v) is 6.60. The summed E-state index contributed by atoms with van der Waals surface area (Å²) in [4.78, 5) is 41.8. The third-order valence-electron chi connectivity index (χ3n) is 7.39. The maximum Gasteiger partial charge on any atom is 0.350 e. The predicted molar refractivity (Wildman–Crippen MR) is 284 cm³/mol. The number of rotatable bonds is 6. The molecule has 16 heteroatoms. The highest BCUT2D eigenvalue weighted by Gasteiger charge is 2.38. The average molecular weight is 1300 g/mol. The number of nitrogens with zero attached hydrogens (tertiary/aromatic N) is 1. The molecule has 0 saturated carbocycles. The van der Waals surface area contributed by atoms with Crippen molar-refractivity contribution >= 4 is 147 Å². The molecule has 1 aliphatic rings. The monoisotopic (exact) mass is 1300 g/mol. The van der Waals surface area contributed by atoms with Crippen molar-refractivity contribution in [3.05, 3.63) is 151 Å². The van der Waals surface area contributed by atoms with Gasteiger partial charge in [-0.2, -0.15) is 0 Å². The van der Waals surface area contributed by atoms with Gasteiger partial charge >= 0.3 is 11.9 Å². The number of nitrogens with two attached hydrogens (primary N) is 1. The first-order valence-corrected chi connectivity index (χ1v) is 22.6. The number of hydrogen-bond donors (Lipinski definition) is 3. The van der Waals surface area contributed by atoms with E-state index in [-0.39, 0.29) is 32.1 Å². The van der Waals surface area contributed by atoms with Gasteiger partial charge in [0.2, 0.25) is 0 Å². The molecule has 0 radical (unpaired) electrons. The summed E-state index contributed by atoms with van der Waals surface area (Å²) >= 11 is 14.9. The molecule has 328 valence electrons. The predicted octanol–water partition coefficient (Wildman–Crippen LogP) is 12.6. The van der Waals surface area contributed by atoms with Crippen molar-refractivity contribution in [1.82, 2.24) is 9.97 Å². The van der Waals surface area contributed by atoms with E-state index in [1.165, 1.54) is 27.2 Å². The Morgan fingerprint density at radius 1 is 0.770 bits per heavy atom. The molecule has 0 unspecified atom stereocenters. The minimum atomic E-state index is -1.21. The highest BCUT2D eigenvalue weighted by atomic mass is 127. The quantitative estimate of drug-likeness (QED) is 0.0367. The lowest BCUT2D eigenvalue weighted by atomic mass is 10.2. The van der Waals surface area contributed by atoms with Gasteiger partial charge in [-0.25, -0.2) is 9.59 Å². The molecular formula is C45H51ClI4N4O7. The number of halogens is 5. The number of benzene rings is 4. The zero-order valence-electron chi connectivity index (χ0n) is 32.7. The molecule has 0 amide bonds. The fourth-order valence-electron chi connectivity index (χ4n) is 4.69. The van der Waals surface area contributed by atoms with Crippen LogP contribution in [-0.2, 0) is 28.5 Å². The Labute approximate surface area is 417 Å². The summed E-state index contributed by atoms with van der Waals surface area (Å²) in [7, 11) is 0. The van der Waals surface area contributed by atoms with Crippen molar-refractivity contribution in [2.24, 2.45) is 0 Å². The van der Waals surface area contributed by atoms with Gasteiger partial charge in [0.05, 0.1) is 10.5 Å². The van der Waals surface area contributed by atoms with Crippen LogP contribution in [0.1, 0.15) is 49.5 Å².